The highest BCUT2D eigenvalue weighted by molar-refractivity contribution is 5.85. The number of hydrogen-bond acceptors (Lipinski definition) is 2. The van der Waals surface area contributed by atoms with E-state index in [0.29, 0.717) is 6.42 Å². The van der Waals surface area contributed by atoms with Gasteiger partial charge in [0.25, 0.3) is 0 Å². The van der Waals surface area contributed by atoms with Crippen LogP contribution in [-0.4, -0.2) is 29.2 Å². The van der Waals surface area contributed by atoms with E-state index in [1.54, 1.807) is 6.92 Å². The van der Waals surface area contributed by atoms with E-state index >= 15 is 0 Å². The summed E-state index contributed by atoms with van der Waals surface area (Å²) in [4.78, 5) is 26.4. The van der Waals surface area contributed by atoms with Crippen molar-refractivity contribution in [1.82, 2.24) is 4.90 Å². The van der Waals surface area contributed by atoms with Crippen LogP contribution in [-0.2, 0) is 9.59 Å². The number of amides is 1. The molecule has 1 aromatic rings. The van der Waals surface area contributed by atoms with E-state index in [2.05, 4.69) is 6.92 Å². The summed E-state index contributed by atoms with van der Waals surface area (Å²) in [7, 11) is 0. The minimum absolute atomic E-state index is 0.0845. The lowest BCUT2D eigenvalue weighted by atomic mass is 9.91. The molecule has 1 amide bonds. The Morgan fingerprint density at radius 3 is 2.57 bits per heavy atom. The Hall–Kier alpha value is -1.64. The van der Waals surface area contributed by atoms with Crippen LogP contribution in [0.5, 0.6) is 0 Å². The lowest BCUT2D eigenvalue weighted by Gasteiger charge is -2.37. The second-order valence-corrected chi connectivity index (χ2v) is 5.96. The molecule has 1 heterocycles. The Morgan fingerprint density at radius 1 is 1.24 bits per heavy atom. The minimum Gasteiger partial charge on any atom is -0.339 e. The zero-order chi connectivity index (χ0) is 15.2. The van der Waals surface area contributed by atoms with E-state index in [1.165, 1.54) is 0 Å². The van der Waals surface area contributed by atoms with Gasteiger partial charge in [0.1, 0.15) is 5.78 Å². The summed E-state index contributed by atoms with van der Waals surface area (Å²) in [6.07, 6.45) is 4.41. The van der Waals surface area contributed by atoms with Crippen molar-refractivity contribution < 1.29 is 9.59 Å². The molecule has 1 aliphatic heterocycles. The first-order chi connectivity index (χ1) is 10.1. The van der Waals surface area contributed by atoms with Crippen molar-refractivity contribution in [3.8, 4) is 0 Å². The van der Waals surface area contributed by atoms with Crippen LogP contribution in [0.15, 0.2) is 30.3 Å². The van der Waals surface area contributed by atoms with E-state index in [0.717, 1.165) is 37.8 Å². The van der Waals surface area contributed by atoms with E-state index in [1.807, 2.05) is 35.2 Å². The number of nitrogens with zero attached hydrogens (tertiary/aromatic N) is 1. The molecular formula is C18H25NO2. The van der Waals surface area contributed by atoms with Crippen molar-refractivity contribution in [2.75, 3.05) is 6.54 Å². The third kappa shape index (κ3) is 3.93. The molecule has 2 unspecified atom stereocenters. The summed E-state index contributed by atoms with van der Waals surface area (Å²) in [5.74, 6) is 0.279. The van der Waals surface area contributed by atoms with Gasteiger partial charge in [0.05, 0.1) is 5.92 Å². The molecule has 1 aromatic carbocycles. The standard InChI is InChI=1S/C18H25NO2/c1-3-17(15-9-5-4-6-10-15)18(21)19-12-8-7-11-16(19)13-14(2)20/h4-6,9-10,16-17H,3,7-8,11-13H2,1-2H3. The molecule has 2 atom stereocenters. The molecule has 114 valence electrons. The number of hydrogen-bond donors (Lipinski definition) is 0. The molecule has 0 bridgehead atoms. The van der Waals surface area contributed by atoms with Crippen LogP contribution in [0.3, 0.4) is 0 Å². The Morgan fingerprint density at radius 2 is 1.95 bits per heavy atom. The van der Waals surface area contributed by atoms with Gasteiger partial charge >= 0.3 is 0 Å². The van der Waals surface area contributed by atoms with E-state index in [9.17, 15) is 9.59 Å². The van der Waals surface area contributed by atoms with Gasteiger partial charge < -0.3 is 4.90 Å². The third-order valence-electron chi connectivity index (χ3n) is 4.34. The fourth-order valence-electron chi connectivity index (χ4n) is 3.27. The Balaban J connectivity index is 2.16. The second-order valence-electron chi connectivity index (χ2n) is 5.96. The fraction of sp³-hybridized carbons (Fsp3) is 0.556. The summed E-state index contributed by atoms with van der Waals surface area (Å²) in [5.41, 5.74) is 1.08. The number of rotatable bonds is 5. The largest absolute Gasteiger partial charge is 0.339 e. The van der Waals surface area contributed by atoms with Crippen LogP contribution in [0.2, 0.25) is 0 Å². The first-order valence-electron chi connectivity index (χ1n) is 7.98. The first-order valence-corrected chi connectivity index (χ1v) is 7.98. The van der Waals surface area contributed by atoms with Gasteiger partial charge in [-0.3, -0.25) is 9.59 Å². The van der Waals surface area contributed by atoms with Gasteiger partial charge in [0.2, 0.25) is 5.91 Å². The molecule has 0 N–H and O–H groups in total. The van der Waals surface area contributed by atoms with Crippen molar-refractivity contribution in [3.63, 3.8) is 0 Å². The number of carbonyl (C=O) groups excluding carboxylic acids is 2. The van der Waals surface area contributed by atoms with Crippen LogP contribution in [0.4, 0.5) is 0 Å². The maximum Gasteiger partial charge on any atom is 0.230 e. The van der Waals surface area contributed by atoms with Gasteiger partial charge in [0, 0.05) is 19.0 Å². The third-order valence-corrected chi connectivity index (χ3v) is 4.34. The smallest absolute Gasteiger partial charge is 0.230 e. The molecular weight excluding hydrogens is 262 g/mol. The zero-order valence-electron chi connectivity index (χ0n) is 13.0. The molecule has 0 saturated carbocycles. The maximum absolute atomic E-state index is 12.9. The molecule has 3 heteroatoms. The molecule has 2 rings (SSSR count). The number of Topliss-reactive ketones (excluding diaryl/α,β-unsaturated/α-hetero) is 1. The number of likely N-dealkylation sites (tertiary alicyclic amines) is 1. The molecule has 21 heavy (non-hydrogen) atoms. The normalized spacial score (nSPS) is 20.1. The van der Waals surface area contributed by atoms with Crippen molar-refractivity contribution in [1.29, 1.82) is 0 Å². The lowest BCUT2D eigenvalue weighted by Crippen LogP contribution is -2.46. The van der Waals surface area contributed by atoms with Gasteiger partial charge in [-0.15, -0.1) is 0 Å². The van der Waals surface area contributed by atoms with Crippen LogP contribution in [0.1, 0.15) is 57.4 Å². The maximum atomic E-state index is 12.9. The van der Waals surface area contributed by atoms with Gasteiger partial charge in [0.15, 0.2) is 0 Å². The molecule has 0 aliphatic carbocycles. The zero-order valence-corrected chi connectivity index (χ0v) is 13.0. The van der Waals surface area contributed by atoms with Crippen molar-refractivity contribution >= 4 is 11.7 Å². The molecule has 0 spiro atoms. The van der Waals surface area contributed by atoms with Gasteiger partial charge in [-0.1, -0.05) is 37.3 Å². The molecule has 1 saturated heterocycles. The summed E-state index contributed by atoms with van der Waals surface area (Å²) in [6, 6.07) is 10.1. The van der Waals surface area contributed by atoms with E-state index < -0.39 is 0 Å². The predicted octanol–water partition coefficient (Wildman–Crippen LogP) is 3.54. The summed E-state index contributed by atoms with van der Waals surface area (Å²) in [6.45, 7) is 4.46. The van der Waals surface area contributed by atoms with Crippen molar-refractivity contribution in [2.24, 2.45) is 0 Å². The quantitative estimate of drug-likeness (QED) is 0.830. The van der Waals surface area contributed by atoms with Gasteiger partial charge in [-0.05, 0) is 38.2 Å². The molecule has 3 nitrogen and oxygen atoms in total. The summed E-state index contributed by atoms with van der Waals surface area (Å²) < 4.78 is 0. The summed E-state index contributed by atoms with van der Waals surface area (Å²) >= 11 is 0. The monoisotopic (exact) mass is 287 g/mol. The number of carbonyl (C=O) groups is 2. The van der Waals surface area contributed by atoms with Crippen LogP contribution in [0.25, 0.3) is 0 Å². The van der Waals surface area contributed by atoms with Gasteiger partial charge in [-0.25, -0.2) is 0 Å². The average molecular weight is 287 g/mol. The van der Waals surface area contributed by atoms with Gasteiger partial charge in [-0.2, -0.15) is 0 Å². The Labute approximate surface area is 127 Å². The Kier molecular flexibility index (Phi) is 5.54. The lowest BCUT2D eigenvalue weighted by molar-refractivity contribution is -0.137. The van der Waals surface area contributed by atoms with E-state index in [-0.39, 0.29) is 23.7 Å². The highest BCUT2D eigenvalue weighted by Gasteiger charge is 2.31. The minimum atomic E-state index is -0.0845. The summed E-state index contributed by atoms with van der Waals surface area (Å²) in [5, 5.41) is 0. The number of piperidine rings is 1. The second kappa shape index (κ2) is 7.39. The molecule has 0 radical (unpaired) electrons. The van der Waals surface area contributed by atoms with Crippen LogP contribution in [0, 0.1) is 0 Å². The fourth-order valence-corrected chi connectivity index (χ4v) is 3.27. The van der Waals surface area contributed by atoms with Crippen LogP contribution >= 0.6 is 0 Å². The SMILES string of the molecule is CCC(C(=O)N1CCCCC1CC(C)=O)c1ccccc1. The van der Waals surface area contributed by atoms with Crippen molar-refractivity contribution in [3.05, 3.63) is 35.9 Å². The van der Waals surface area contributed by atoms with Crippen molar-refractivity contribution in [2.45, 2.75) is 57.9 Å². The predicted molar refractivity (Wildman–Crippen MR) is 84.1 cm³/mol. The highest BCUT2D eigenvalue weighted by Crippen LogP contribution is 2.27. The number of ketones is 1. The Bertz CT molecular complexity index is 483. The first kappa shape index (κ1) is 15.7. The topological polar surface area (TPSA) is 37.4 Å². The number of benzene rings is 1. The highest BCUT2D eigenvalue weighted by atomic mass is 16.2. The molecule has 1 fully saturated rings. The molecule has 0 aromatic heterocycles. The van der Waals surface area contributed by atoms with E-state index in [4.69, 9.17) is 0 Å². The average Bonchev–Trinajstić information content (AvgIpc) is 2.49. The van der Waals surface area contributed by atoms with Crippen LogP contribution < -0.4 is 0 Å². The molecule has 1 aliphatic rings.